The third-order valence-corrected chi connectivity index (χ3v) is 1.14. The molecule has 1 atom stereocenters. The highest BCUT2D eigenvalue weighted by molar-refractivity contribution is 4.49. The fourth-order valence-electron chi connectivity index (χ4n) is 0.594. The molecule has 0 aliphatic rings. The Bertz CT molecular complexity index is 119. The zero-order chi connectivity index (χ0) is 8.69. The van der Waals surface area contributed by atoms with E-state index in [1.54, 1.807) is 0 Å². The molecule has 0 aromatic heterocycles. The molecule has 6 nitrogen and oxygen atoms in total. The molecule has 0 aromatic rings. The molecule has 0 saturated carbocycles. The molecular formula is C5H14N4O2. The molecular weight excluding hydrogens is 148 g/mol. The number of nitro groups is 1. The molecule has 0 fully saturated rings. The second-order valence-corrected chi connectivity index (χ2v) is 2.17. The molecule has 0 saturated heterocycles. The minimum absolute atomic E-state index is 0.663. The van der Waals surface area contributed by atoms with Gasteiger partial charge in [0, 0.05) is 0 Å². The van der Waals surface area contributed by atoms with Gasteiger partial charge in [-0.15, -0.1) is 5.43 Å². The number of unbranched alkanes of at least 4 members (excludes halogenated alkanes) is 1. The predicted molar refractivity (Wildman–Crippen MR) is 41.0 cm³/mol. The number of hydrogen-bond donors (Lipinski definition) is 3. The average Bonchev–Trinajstić information content (AvgIpc) is 1.86. The molecule has 0 aromatic carbocycles. The molecule has 0 aliphatic carbocycles. The van der Waals surface area contributed by atoms with Crippen LogP contribution in [0.2, 0.25) is 0 Å². The Kier molecular flexibility index (Phi) is 5.40. The molecule has 66 valence electrons. The summed E-state index contributed by atoms with van der Waals surface area (Å²) in [4.78, 5) is 9.82. The van der Waals surface area contributed by atoms with E-state index in [4.69, 9.17) is 5.73 Å². The summed E-state index contributed by atoms with van der Waals surface area (Å²) in [6.07, 6.45) is 1.25. The first kappa shape index (κ1) is 10.1. The fourth-order valence-corrected chi connectivity index (χ4v) is 0.594. The summed E-state index contributed by atoms with van der Waals surface area (Å²) >= 11 is 0. The summed E-state index contributed by atoms with van der Waals surface area (Å²) in [5.74, 6) is 0. The van der Waals surface area contributed by atoms with Crippen LogP contribution in [0, 0.1) is 10.1 Å². The van der Waals surface area contributed by atoms with Crippen molar-refractivity contribution in [3.05, 3.63) is 10.1 Å². The average molecular weight is 162 g/mol. The maximum atomic E-state index is 9.82. The minimum Gasteiger partial charge on any atom is -0.294 e. The van der Waals surface area contributed by atoms with Crippen LogP contribution >= 0.6 is 0 Å². The monoisotopic (exact) mass is 162 g/mol. The van der Waals surface area contributed by atoms with Gasteiger partial charge in [0.2, 0.25) is 0 Å². The van der Waals surface area contributed by atoms with Crippen molar-refractivity contribution in [3.8, 4) is 0 Å². The van der Waals surface area contributed by atoms with E-state index in [1.807, 2.05) is 12.3 Å². The quantitative estimate of drug-likeness (QED) is 0.210. The van der Waals surface area contributed by atoms with Crippen molar-refractivity contribution in [1.29, 1.82) is 0 Å². The lowest BCUT2D eigenvalue weighted by atomic mass is 10.3. The summed E-state index contributed by atoms with van der Waals surface area (Å²) in [5.41, 5.74) is 7.14. The predicted octanol–water partition coefficient (Wildman–Crippen LogP) is -0.600. The molecule has 4 N–H and O–H groups in total. The first-order chi connectivity index (χ1) is 5.16. The van der Waals surface area contributed by atoms with E-state index >= 15 is 0 Å². The van der Waals surface area contributed by atoms with E-state index in [0.29, 0.717) is 6.54 Å². The van der Waals surface area contributed by atoms with Gasteiger partial charge in [-0.3, -0.25) is 11.1 Å². The molecule has 6 heteroatoms. The number of rotatable bonds is 6. The lowest BCUT2D eigenvalue weighted by Gasteiger charge is -2.08. The van der Waals surface area contributed by atoms with Crippen LogP contribution in [-0.4, -0.2) is 17.9 Å². The van der Waals surface area contributed by atoms with Crippen molar-refractivity contribution in [3.63, 3.8) is 0 Å². The SMILES string of the molecule is CCCCNC(N)N[N+](=O)[O-]. The summed E-state index contributed by atoms with van der Waals surface area (Å²) < 4.78 is 0. The van der Waals surface area contributed by atoms with Gasteiger partial charge in [0.15, 0.2) is 11.3 Å². The van der Waals surface area contributed by atoms with Gasteiger partial charge in [-0.05, 0) is 13.0 Å². The van der Waals surface area contributed by atoms with Crippen LogP contribution in [0.3, 0.4) is 0 Å². The molecule has 0 heterocycles. The van der Waals surface area contributed by atoms with Gasteiger partial charge < -0.3 is 0 Å². The van der Waals surface area contributed by atoms with E-state index in [0.717, 1.165) is 12.8 Å². The number of nitrogens with zero attached hydrogens (tertiary/aromatic N) is 1. The molecule has 0 spiro atoms. The largest absolute Gasteiger partial charge is 0.294 e. The van der Waals surface area contributed by atoms with Crippen LogP contribution in [0.5, 0.6) is 0 Å². The second kappa shape index (κ2) is 5.87. The maximum Gasteiger partial charge on any atom is 0.187 e. The summed E-state index contributed by atoms with van der Waals surface area (Å²) in [6, 6.07) is 0. The molecule has 11 heavy (non-hydrogen) atoms. The number of nitrogens with two attached hydrogens (primary N) is 1. The van der Waals surface area contributed by atoms with Gasteiger partial charge >= 0.3 is 0 Å². The van der Waals surface area contributed by atoms with Crippen LogP contribution in [0.1, 0.15) is 19.8 Å². The van der Waals surface area contributed by atoms with Gasteiger partial charge in [0.1, 0.15) is 0 Å². The van der Waals surface area contributed by atoms with Gasteiger partial charge in [0.05, 0.1) is 0 Å². The third-order valence-electron chi connectivity index (χ3n) is 1.14. The highest BCUT2D eigenvalue weighted by Crippen LogP contribution is 1.81. The van der Waals surface area contributed by atoms with Crippen LogP contribution < -0.4 is 16.5 Å². The minimum atomic E-state index is -0.753. The standard InChI is InChI=1S/C5H14N4O2/c1-2-3-4-7-5(6)8-9(10)11/h5,7-8H,2-4,6H2,1H3. The maximum absolute atomic E-state index is 9.82. The van der Waals surface area contributed by atoms with Crippen molar-refractivity contribution in [2.24, 2.45) is 5.73 Å². The van der Waals surface area contributed by atoms with Crippen LogP contribution in [-0.2, 0) is 0 Å². The Morgan fingerprint density at radius 3 is 2.82 bits per heavy atom. The van der Waals surface area contributed by atoms with Gasteiger partial charge in [-0.1, -0.05) is 13.3 Å². The first-order valence-electron chi connectivity index (χ1n) is 3.56. The topological polar surface area (TPSA) is 93.2 Å². The number of hydrogen-bond acceptors (Lipinski definition) is 4. The Morgan fingerprint density at radius 1 is 1.73 bits per heavy atom. The molecule has 0 aliphatic heterocycles. The molecule has 0 amide bonds. The zero-order valence-corrected chi connectivity index (χ0v) is 6.54. The van der Waals surface area contributed by atoms with Gasteiger partial charge in [0.25, 0.3) is 0 Å². The zero-order valence-electron chi connectivity index (χ0n) is 6.54. The molecule has 0 rings (SSSR count). The smallest absolute Gasteiger partial charge is 0.187 e. The Hall–Kier alpha value is -0.880. The highest BCUT2D eigenvalue weighted by atomic mass is 16.7. The lowest BCUT2D eigenvalue weighted by molar-refractivity contribution is -0.552. The first-order valence-corrected chi connectivity index (χ1v) is 3.56. The highest BCUT2D eigenvalue weighted by Gasteiger charge is 2.03. The van der Waals surface area contributed by atoms with Crippen molar-refractivity contribution in [1.82, 2.24) is 10.7 Å². The second-order valence-electron chi connectivity index (χ2n) is 2.17. The van der Waals surface area contributed by atoms with Crippen LogP contribution in [0.25, 0.3) is 0 Å². The van der Waals surface area contributed by atoms with Crippen molar-refractivity contribution < 1.29 is 5.03 Å². The third kappa shape index (κ3) is 7.01. The summed E-state index contributed by atoms with van der Waals surface area (Å²) in [7, 11) is 0. The van der Waals surface area contributed by atoms with Crippen LogP contribution in [0.15, 0.2) is 0 Å². The van der Waals surface area contributed by atoms with E-state index in [1.165, 1.54) is 0 Å². The van der Waals surface area contributed by atoms with E-state index in [9.17, 15) is 10.1 Å². The van der Waals surface area contributed by atoms with Crippen molar-refractivity contribution >= 4 is 0 Å². The molecule has 1 unspecified atom stereocenters. The Labute approximate surface area is 65.3 Å². The fraction of sp³-hybridized carbons (Fsp3) is 1.00. The Morgan fingerprint density at radius 2 is 2.36 bits per heavy atom. The molecule has 0 radical (unpaired) electrons. The van der Waals surface area contributed by atoms with E-state index in [2.05, 4.69) is 5.32 Å². The van der Waals surface area contributed by atoms with Crippen molar-refractivity contribution in [2.45, 2.75) is 26.1 Å². The van der Waals surface area contributed by atoms with Crippen molar-refractivity contribution in [2.75, 3.05) is 6.54 Å². The van der Waals surface area contributed by atoms with E-state index < -0.39 is 11.3 Å². The van der Waals surface area contributed by atoms with E-state index in [-0.39, 0.29) is 0 Å². The molecule has 0 bridgehead atoms. The normalized spacial score (nSPS) is 12.5. The summed E-state index contributed by atoms with van der Waals surface area (Å²) in [5, 5.41) is 11.9. The summed E-state index contributed by atoms with van der Waals surface area (Å²) in [6.45, 7) is 2.73. The van der Waals surface area contributed by atoms with Crippen LogP contribution in [0.4, 0.5) is 0 Å². The number of nitrogens with one attached hydrogen (secondary N) is 2. The van der Waals surface area contributed by atoms with Gasteiger partial charge in [-0.2, -0.15) is 0 Å². The van der Waals surface area contributed by atoms with Gasteiger partial charge in [-0.25, -0.2) is 10.1 Å². The number of hydrazine groups is 1. The lowest BCUT2D eigenvalue weighted by Crippen LogP contribution is -2.51. The Balaban J connectivity index is 3.22.